The Morgan fingerprint density at radius 3 is 1.07 bits per heavy atom. The van der Waals surface area contributed by atoms with Gasteiger partial charge in [-0.25, -0.2) is 19.1 Å². The van der Waals surface area contributed by atoms with Crippen LogP contribution in [0.2, 0.25) is 0 Å². The Kier molecular flexibility index (Phi) is 3.43. The molecule has 3 aromatic rings. The molecule has 0 N–H and O–H groups in total. The molecule has 3 aromatic heterocycles. The third-order valence-electron chi connectivity index (χ3n) is 4.63. The van der Waals surface area contributed by atoms with Gasteiger partial charge in [-0.2, -0.15) is 10.5 Å². The van der Waals surface area contributed by atoms with Gasteiger partial charge >= 0.3 is 0 Å². The van der Waals surface area contributed by atoms with Crippen LogP contribution in [0.4, 0.5) is 0 Å². The fourth-order valence-corrected chi connectivity index (χ4v) is 3.34. The Morgan fingerprint density at radius 1 is 0.536 bits per heavy atom. The lowest BCUT2D eigenvalue weighted by Crippen LogP contribution is -1.87. The highest BCUT2D eigenvalue weighted by Crippen LogP contribution is 2.19. The number of nitriles is 2. The second-order valence-corrected chi connectivity index (χ2v) is 6.40. The van der Waals surface area contributed by atoms with Crippen molar-refractivity contribution in [2.45, 2.75) is 0 Å². The number of nitrogens with zero attached hydrogens (tertiary/aromatic N) is 6. The van der Waals surface area contributed by atoms with Gasteiger partial charge in [0.15, 0.2) is 12.4 Å². The molecular formula is C22H12N6. The van der Waals surface area contributed by atoms with Gasteiger partial charge in [-0.05, 0) is 72.8 Å². The second kappa shape index (κ2) is 6.08. The van der Waals surface area contributed by atoms with Crippen LogP contribution in [0, 0.1) is 22.9 Å². The Hall–Kier alpha value is -4.42. The van der Waals surface area contributed by atoms with Crippen molar-refractivity contribution in [1.29, 1.82) is 10.5 Å². The fourth-order valence-electron chi connectivity index (χ4n) is 3.34. The SMILES string of the molecule is N#Cn1c2ccc1cc1nc(cc3ccc(cc4nc(c2)C=C4)n3C#N)C=C1. The van der Waals surface area contributed by atoms with Gasteiger partial charge in [0.25, 0.3) is 0 Å². The first-order valence-corrected chi connectivity index (χ1v) is 8.64. The van der Waals surface area contributed by atoms with E-state index in [2.05, 4.69) is 22.4 Å². The summed E-state index contributed by atoms with van der Waals surface area (Å²) >= 11 is 0. The molecule has 5 rings (SSSR count). The number of fused-ring (bicyclic) bond motifs is 8. The Labute approximate surface area is 160 Å². The minimum atomic E-state index is 0.742. The van der Waals surface area contributed by atoms with Crippen molar-refractivity contribution >= 4 is 46.4 Å². The maximum Gasteiger partial charge on any atom is 0.189 e. The molecule has 0 amide bonds. The summed E-state index contributed by atoms with van der Waals surface area (Å²) in [6.07, 6.45) is 12.0. The van der Waals surface area contributed by atoms with Gasteiger partial charge < -0.3 is 0 Å². The molecule has 6 nitrogen and oxygen atoms in total. The molecule has 0 radical (unpaired) electrons. The lowest BCUT2D eigenvalue weighted by atomic mass is 10.3. The van der Waals surface area contributed by atoms with E-state index in [9.17, 15) is 10.5 Å². The summed E-state index contributed by atoms with van der Waals surface area (Å²) in [5.41, 5.74) is 5.95. The van der Waals surface area contributed by atoms with Crippen molar-refractivity contribution in [3.8, 4) is 12.4 Å². The van der Waals surface area contributed by atoms with Gasteiger partial charge in [0.05, 0.1) is 44.8 Å². The van der Waals surface area contributed by atoms with Crippen molar-refractivity contribution < 1.29 is 0 Å². The molecule has 0 unspecified atom stereocenters. The molecule has 0 aromatic carbocycles. The highest BCUT2D eigenvalue weighted by Gasteiger charge is 2.06. The molecule has 0 saturated carbocycles. The highest BCUT2D eigenvalue weighted by molar-refractivity contribution is 5.78. The predicted molar refractivity (Wildman–Crippen MR) is 108 cm³/mol. The van der Waals surface area contributed by atoms with E-state index in [1.807, 2.05) is 72.8 Å². The van der Waals surface area contributed by atoms with E-state index >= 15 is 0 Å². The first-order valence-electron chi connectivity index (χ1n) is 8.64. The quantitative estimate of drug-likeness (QED) is 0.413. The molecule has 2 aliphatic heterocycles. The van der Waals surface area contributed by atoms with Crippen LogP contribution in [-0.4, -0.2) is 19.1 Å². The van der Waals surface area contributed by atoms with Crippen LogP contribution in [0.15, 0.2) is 48.5 Å². The zero-order valence-corrected chi connectivity index (χ0v) is 14.6. The fraction of sp³-hybridized carbons (Fsp3) is 0. The maximum atomic E-state index is 9.60. The van der Waals surface area contributed by atoms with Gasteiger partial charge in [-0.15, -0.1) is 0 Å². The number of aromatic nitrogens is 4. The lowest BCUT2D eigenvalue weighted by molar-refractivity contribution is 1.18. The topological polar surface area (TPSA) is 83.2 Å². The van der Waals surface area contributed by atoms with E-state index in [0.717, 1.165) is 44.8 Å². The first-order chi connectivity index (χ1) is 13.7. The molecule has 28 heavy (non-hydrogen) atoms. The third-order valence-corrected chi connectivity index (χ3v) is 4.63. The summed E-state index contributed by atoms with van der Waals surface area (Å²) in [7, 11) is 0. The van der Waals surface area contributed by atoms with Crippen LogP contribution in [0.1, 0.15) is 22.8 Å². The smallest absolute Gasteiger partial charge is 0.189 e. The molecule has 2 aliphatic rings. The average molecular weight is 360 g/mol. The molecule has 130 valence electrons. The normalized spacial score (nSPS) is 11.9. The van der Waals surface area contributed by atoms with Crippen molar-refractivity contribution in [3.63, 3.8) is 0 Å². The van der Waals surface area contributed by atoms with E-state index in [-0.39, 0.29) is 0 Å². The van der Waals surface area contributed by atoms with E-state index < -0.39 is 0 Å². The minimum absolute atomic E-state index is 0.742. The van der Waals surface area contributed by atoms with Gasteiger partial charge in [0, 0.05) is 0 Å². The molecule has 0 spiro atoms. The van der Waals surface area contributed by atoms with Crippen molar-refractivity contribution in [3.05, 3.63) is 71.3 Å². The summed E-state index contributed by atoms with van der Waals surface area (Å²) in [4.78, 5) is 9.16. The van der Waals surface area contributed by atoms with Crippen molar-refractivity contribution in [2.75, 3.05) is 0 Å². The standard InChI is InChI=1S/C22H12N6/c23-13-27-19-5-6-21(27)11-17-3-4-18(26-17)12-22-8-7-20(28(22)14-24)10-16-2-1-15(9-19)25-16/h1-12H. The molecule has 0 fully saturated rings. The van der Waals surface area contributed by atoms with Crippen molar-refractivity contribution in [1.82, 2.24) is 19.1 Å². The minimum Gasteiger partial charge on any atom is -0.249 e. The van der Waals surface area contributed by atoms with E-state index in [1.54, 1.807) is 9.13 Å². The third kappa shape index (κ3) is 2.57. The number of rotatable bonds is 0. The number of hydrogen-bond acceptors (Lipinski definition) is 4. The van der Waals surface area contributed by atoms with Gasteiger partial charge in [-0.1, -0.05) is 0 Å². The van der Waals surface area contributed by atoms with Crippen LogP contribution in [0.25, 0.3) is 46.4 Å². The molecular weight excluding hydrogens is 348 g/mol. The summed E-state index contributed by atoms with van der Waals surface area (Å²) in [5, 5.41) is 19.2. The first kappa shape index (κ1) is 15.8. The van der Waals surface area contributed by atoms with E-state index in [1.165, 1.54) is 0 Å². The molecule has 0 saturated heterocycles. The molecule has 5 heterocycles. The van der Waals surface area contributed by atoms with Crippen LogP contribution in [-0.2, 0) is 0 Å². The summed E-state index contributed by atoms with van der Waals surface area (Å²) < 4.78 is 3.10. The Bertz CT molecular complexity index is 1240. The summed E-state index contributed by atoms with van der Waals surface area (Å²) in [6.45, 7) is 0. The van der Waals surface area contributed by atoms with Crippen LogP contribution in [0.3, 0.4) is 0 Å². The monoisotopic (exact) mass is 360 g/mol. The predicted octanol–water partition coefficient (Wildman–Crippen LogP) is 4.26. The van der Waals surface area contributed by atoms with Crippen molar-refractivity contribution in [2.24, 2.45) is 0 Å². The zero-order chi connectivity index (χ0) is 19.1. The largest absolute Gasteiger partial charge is 0.249 e. The van der Waals surface area contributed by atoms with Crippen LogP contribution < -0.4 is 0 Å². The lowest BCUT2D eigenvalue weighted by Gasteiger charge is -1.93. The molecule has 8 bridgehead atoms. The van der Waals surface area contributed by atoms with Gasteiger partial charge in [0.1, 0.15) is 0 Å². The Balaban J connectivity index is 1.93. The highest BCUT2D eigenvalue weighted by atomic mass is 15.0. The molecule has 0 aliphatic carbocycles. The van der Waals surface area contributed by atoms with Gasteiger partial charge in [0.2, 0.25) is 0 Å². The van der Waals surface area contributed by atoms with Crippen LogP contribution >= 0.6 is 0 Å². The molecule has 0 atom stereocenters. The van der Waals surface area contributed by atoms with Gasteiger partial charge in [-0.3, -0.25) is 0 Å². The van der Waals surface area contributed by atoms with E-state index in [4.69, 9.17) is 0 Å². The number of hydrogen-bond donors (Lipinski definition) is 0. The molecule has 6 heteroatoms. The van der Waals surface area contributed by atoms with Crippen LogP contribution in [0.5, 0.6) is 0 Å². The van der Waals surface area contributed by atoms with E-state index in [0.29, 0.717) is 0 Å². The summed E-state index contributed by atoms with van der Waals surface area (Å²) in [5.74, 6) is 0. The maximum absolute atomic E-state index is 9.60. The summed E-state index contributed by atoms with van der Waals surface area (Å²) in [6, 6.07) is 15.0. The second-order valence-electron chi connectivity index (χ2n) is 6.40. The Morgan fingerprint density at radius 2 is 0.821 bits per heavy atom. The zero-order valence-electron chi connectivity index (χ0n) is 14.6. The average Bonchev–Trinajstić information content (AvgIpc) is 3.46.